The van der Waals surface area contributed by atoms with Crippen molar-refractivity contribution in [2.75, 3.05) is 6.54 Å². The Kier molecular flexibility index (Phi) is 4.17. The van der Waals surface area contributed by atoms with Crippen LogP contribution >= 0.6 is 0 Å². The maximum Gasteiger partial charge on any atom is 0.0521 e. The lowest BCUT2D eigenvalue weighted by atomic mass is 10.2. The van der Waals surface area contributed by atoms with E-state index in [2.05, 4.69) is 28.8 Å². The third-order valence-corrected chi connectivity index (χ3v) is 2.85. The maximum absolute atomic E-state index is 4.15. The first-order chi connectivity index (χ1) is 7.84. The molecule has 0 radical (unpaired) electrons. The van der Waals surface area contributed by atoms with E-state index in [0.717, 1.165) is 31.8 Å². The van der Waals surface area contributed by atoms with Gasteiger partial charge in [0, 0.05) is 19.3 Å². The molecule has 0 bridgehead atoms. The molecule has 16 heavy (non-hydrogen) atoms. The number of nitrogens with one attached hydrogen (secondary N) is 1. The second-order valence-electron chi connectivity index (χ2n) is 4.55. The monoisotopic (exact) mass is 219 g/mol. The van der Waals surface area contributed by atoms with Crippen molar-refractivity contribution in [2.24, 2.45) is 7.05 Å². The van der Waals surface area contributed by atoms with Crippen LogP contribution in [-0.2, 0) is 13.5 Å². The highest BCUT2D eigenvalue weighted by molar-refractivity contribution is 5.04. The molecule has 1 aromatic rings. The van der Waals surface area contributed by atoms with Crippen LogP contribution in [0.3, 0.4) is 0 Å². The third kappa shape index (κ3) is 4.19. The molecule has 0 spiro atoms. The predicted octanol–water partition coefficient (Wildman–Crippen LogP) is 2.05. The van der Waals surface area contributed by atoms with Crippen LogP contribution in [0, 0.1) is 0 Å². The summed E-state index contributed by atoms with van der Waals surface area (Å²) in [6.45, 7) is 1.13. The van der Waals surface area contributed by atoms with E-state index < -0.39 is 0 Å². The van der Waals surface area contributed by atoms with Gasteiger partial charge in [-0.05, 0) is 44.2 Å². The van der Waals surface area contributed by atoms with Crippen molar-refractivity contribution in [3.05, 3.63) is 30.1 Å². The van der Waals surface area contributed by atoms with Crippen molar-refractivity contribution >= 4 is 0 Å². The second kappa shape index (κ2) is 5.85. The number of allylic oxidation sites excluding steroid dienone is 1. The van der Waals surface area contributed by atoms with Gasteiger partial charge in [-0.1, -0.05) is 12.2 Å². The van der Waals surface area contributed by atoms with E-state index in [1.54, 1.807) is 0 Å². The highest BCUT2D eigenvalue weighted by Gasteiger charge is 2.19. The molecule has 1 N–H and O–H groups in total. The summed E-state index contributed by atoms with van der Waals surface area (Å²) in [5, 5.41) is 7.66. The molecule has 3 heteroatoms. The Labute approximate surface area is 97.5 Å². The predicted molar refractivity (Wildman–Crippen MR) is 66.3 cm³/mol. The van der Waals surface area contributed by atoms with Crippen LogP contribution in [0.25, 0.3) is 0 Å². The molecular formula is C13H21N3. The Hall–Kier alpha value is -1.09. The van der Waals surface area contributed by atoms with Gasteiger partial charge < -0.3 is 5.32 Å². The summed E-state index contributed by atoms with van der Waals surface area (Å²) >= 11 is 0. The number of aryl methyl sites for hydroxylation is 2. The third-order valence-electron chi connectivity index (χ3n) is 2.85. The lowest BCUT2D eigenvalue weighted by molar-refractivity contribution is 0.689. The normalized spacial score (nSPS) is 16.1. The summed E-state index contributed by atoms with van der Waals surface area (Å²) in [6, 6.07) is 0.837. The molecule has 0 atom stereocenters. The van der Waals surface area contributed by atoms with E-state index in [1.807, 2.05) is 17.9 Å². The van der Waals surface area contributed by atoms with E-state index in [4.69, 9.17) is 0 Å². The summed E-state index contributed by atoms with van der Waals surface area (Å²) in [5.74, 6) is 0. The molecule has 1 aliphatic carbocycles. The van der Waals surface area contributed by atoms with Crippen molar-refractivity contribution in [2.45, 2.75) is 38.1 Å². The Morgan fingerprint density at radius 1 is 1.44 bits per heavy atom. The molecule has 1 fully saturated rings. The van der Waals surface area contributed by atoms with Gasteiger partial charge in [0.25, 0.3) is 0 Å². The standard InChI is InChI=1S/C13H21N3/c1-16-11-12(10-15-16)6-4-2-3-5-9-14-13-7-8-13/h2-3,10-11,13-14H,4-9H2,1H3/b3-2+. The minimum atomic E-state index is 0.837. The molecule has 0 unspecified atom stereocenters. The summed E-state index contributed by atoms with van der Waals surface area (Å²) in [5.41, 5.74) is 1.32. The van der Waals surface area contributed by atoms with Crippen molar-refractivity contribution in [3.63, 3.8) is 0 Å². The van der Waals surface area contributed by atoms with Gasteiger partial charge in [0.2, 0.25) is 0 Å². The van der Waals surface area contributed by atoms with Crippen molar-refractivity contribution in [3.8, 4) is 0 Å². The number of aromatic nitrogens is 2. The van der Waals surface area contributed by atoms with Crippen molar-refractivity contribution < 1.29 is 0 Å². The zero-order chi connectivity index (χ0) is 11.2. The first kappa shape index (κ1) is 11.4. The average Bonchev–Trinajstić information content (AvgIpc) is 3.00. The molecular weight excluding hydrogens is 198 g/mol. The lowest BCUT2D eigenvalue weighted by Crippen LogP contribution is -2.16. The molecule has 0 aromatic carbocycles. The molecule has 0 aliphatic heterocycles. The number of hydrogen-bond donors (Lipinski definition) is 1. The van der Waals surface area contributed by atoms with Crippen molar-refractivity contribution in [1.82, 2.24) is 15.1 Å². The Morgan fingerprint density at radius 3 is 2.94 bits per heavy atom. The van der Waals surface area contributed by atoms with Crippen LogP contribution in [0.4, 0.5) is 0 Å². The summed E-state index contributed by atoms with van der Waals surface area (Å²) in [6.07, 6.45) is 14.7. The summed E-state index contributed by atoms with van der Waals surface area (Å²) in [4.78, 5) is 0. The first-order valence-electron chi connectivity index (χ1n) is 6.20. The smallest absolute Gasteiger partial charge is 0.0521 e. The fraction of sp³-hybridized carbons (Fsp3) is 0.615. The molecule has 2 rings (SSSR count). The molecule has 1 heterocycles. The highest BCUT2D eigenvalue weighted by atomic mass is 15.2. The minimum Gasteiger partial charge on any atom is -0.314 e. The van der Waals surface area contributed by atoms with Crippen LogP contribution in [0.5, 0.6) is 0 Å². The van der Waals surface area contributed by atoms with E-state index in [0.29, 0.717) is 0 Å². The first-order valence-corrected chi connectivity index (χ1v) is 6.20. The minimum absolute atomic E-state index is 0.837. The van der Waals surface area contributed by atoms with E-state index in [1.165, 1.54) is 18.4 Å². The molecule has 88 valence electrons. The largest absolute Gasteiger partial charge is 0.314 e. The Morgan fingerprint density at radius 2 is 2.25 bits per heavy atom. The van der Waals surface area contributed by atoms with Gasteiger partial charge in [0.1, 0.15) is 0 Å². The van der Waals surface area contributed by atoms with Crippen molar-refractivity contribution in [1.29, 1.82) is 0 Å². The number of hydrogen-bond acceptors (Lipinski definition) is 2. The van der Waals surface area contributed by atoms with E-state index >= 15 is 0 Å². The average molecular weight is 219 g/mol. The summed E-state index contributed by atoms with van der Waals surface area (Å²) in [7, 11) is 1.96. The number of nitrogens with zero attached hydrogens (tertiary/aromatic N) is 2. The van der Waals surface area contributed by atoms with Gasteiger partial charge in [0.15, 0.2) is 0 Å². The van der Waals surface area contributed by atoms with Crippen LogP contribution in [0.2, 0.25) is 0 Å². The Bertz CT molecular complexity index is 337. The van der Waals surface area contributed by atoms with Gasteiger partial charge in [-0.3, -0.25) is 4.68 Å². The topological polar surface area (TPSA) is 29.9 Å². The molecule has 1 saturated carbocycles. The fourth-order valence-corrected chi connectivity index (χ4v) is 1.74. The van der Waals surface area contributed by atoms with Crippen LogP contribution in [0.15, 0.2) is 24.5 Å². The fourth-order valence-electron chi connectivity index (χ4n) is 1.74. The van der Waals surface area contributed by atoms with Gasteiger partial charge in [0.05, 0.1) is 6.20 Å². The molecule has 0 amide bonds. The van der Waals surface area contributed by atoms with Crippen LogP contribution in [0.1, 0.15) is 31.2 Å². The van der Waals surface area contributed by atoms with Gasteiger partial charge in [-0.15, -0.1) is 0 Å². The molecule has 0 saturated heterocycles. The zero-order valence-electron chi connectivity index (χ0n) is 10.0. The SMILES string of the molecule is Cn1cc(CC/C=C/CCNC2CC2)cn1. The van der Waals surface area contributed by atoms with Gasteiger partial charge in [-0.2, -0.15) is 5.10 Å². The van der Waals surface area contributed by atoms with E-state index in [9.17, 15) is 0 Å². The second-order valence-corrected chi connectivity index (χ2v) is 4.55. The Balaban J connectivity index is 1.51. The summed E-state index contributed by atoms with van der Waals surface area (Å²) < 4.78 is 1.86. The molecule has 3 nitrogen and oxygen atoms in total. The van der Waals surface area contributed by atoms with Crippen LogP contribution < -0.4 is 5.32 Å². The van der Waals surface area contributed by atoms with E-state index in [-0.39, 0.29) is 0 Å². The lowest BCUT2D eigenvalue weighted by Gasteiger charge is -1.97. The molecule has 1 aromatic heterocycles. The maximum atomic E-state index is 4.15. The quantitative estimate of drug-likeness (QED) is 0.562. The zero-order valence-corrected chi connectivity index (χ0v) is 10.0. The van der Waals surface area contributed by atoms with Crippen LogP contribution in [-0.4, -0.2) is 22.4 Å². The number of rotatable bonds is 7. The molecule has 1 aliphatic rings. The van der Waals surface area contributed by atoms with Gasteiger partial charge >= 0.3 is 0 Å². The van der Waals surface area contributed by atoms with Gasteiger partial charge in [-0.25, -0.2) is 0 Å². The highest BCUT2D eigenvalue weighted by Crippen LogP contribution is 2.18.